The fraction of sp³-hybridized carbons (Fsp3) is 0.197. The SMILES string of the molecule is CC(C)c1cccc(C(C)C)c1-c1cc(N2[CH-]N(c3c(/C4=C/C=C\N/C=C\C=C/[B]4)cccc3/C3=C/C=C\N/C=C\C=C/[B]3)c3ccccc32)[c-]c(Oc2[c-]c3c(cc2)c2cc(C(C)(C)C)ccc2n3-c2cc(C(C)(C)C)ccn2)n1.[Pt]. The summed E-state index contributed by atoms with van der Waals surface area (Å²) in [7, 11) is 4.34. The molecule has 0 saturated heterocycles. The van der Waals surface area contributed by atoms with Gasteiger partial charge in [0.15, 0.2) is 14.6 Å². The molecule has 2 radical (unpaired) electrons. The molecule has 0 amide bonds. The van der Waals surface area contributed by atoms with Crippen molar-refractivity contribution >= 4 is 70.1 Å². The van der Waals surface area contributed by atoms with E-state index in [2.05, 4.69) is 255 Å². The van der Waals surface area contributed by atoms with Crippen molar-refractivity contribution in [2.24, 2.45) is 0 Å². The molecule has 2 N–H and O–H groups in total. The second kappa shape index (κ2) is 24.2. The Bertz CT molecular complexity index is 3860. The minimum Gasteiger partial charge on any atom is -0.503 e. The van der Waals surface area contributed by atoms with Crippen molar-refractivity contribution in [3.63, 3.8) is 0 Å². The van der Waals surface area contributed by atoms with Crippen LogP contribution in [0.15, 0.2) is 201 Å². The number of fused-ring (bicyclic) bond motifs is 4. The first kappa shape index (κ1) is 57.2. The molecule has 3 aliphatic rings. The van der Waals surface area contributed by atoms with E-state index >= 15 is 0 Å². The van der Waals surface area contributed by atoms with Crippen LogP contribution in [0.5, 0.6) is 11.6 Å². The Kier molecular flexibility index (Phi) is 16.9. The fourth-order valence-corrected chi connectivity index (χ4v) is 10.8. The predicted octanol–water partition coefficient (Wildman–Crippen LogP) is 17.3. The molecular formula is C71H68B2N7OPt-3. The van der Waals surface area contributed by atoms with Crippen LogP contribution in [0.1, 0.15) is 114 Å². The topological polar surface area (TPSA) is 70.5 Å². The molecule has 8 nitrogen and oxygen atoms in total. The minimum absolute atomic E-state index is 0. The van der Waals surface area contributed by atoms with Crippen molar-refractivity contribution in [3.8, 4) is 28.7 Å². The summed E-state index contributed by atoms with van der Waals surface area (Å²) in [6.07, 6.45) is 26.1. The number of para-hydroxylation sites is 3. The molecule has 0 aliphatic carbocycles. The van der Waals surface area contributed by atoms with Crippen molar-refractivity contribution in [2.75, 3.05) is 9.80 Å². The Morgan fingerprint density at radius 3 is 1.82 bits per heavy atom. The van der Waals surface area contributed by atoms with E-state index in [0.717, 1.165) is 83.7 Å². The second-order valence-corrected chi connectivity index (χ2v) is 23.4. The second-order valence-electron chi connectivity index (χ2n) is 23.4. The maximum atomic E-state index is 7.09. The van der Waals surface area contributed by atoms with E-state index in [1.54, 1.807) is 0 Å². The Morgan fingerprint density at radius 1 is 0.598 bits per heavy atom. The molecule has 0 atom stereocenters. The van der Waals surface area contributed by atoms with Crippen molar-refractivity contribution < 1.29 is 25.8 Å². The van der Waals surface area contributed by atoms with Gasteiger partial charge in [0.2, 0.25) is 0 Å². The first-order chi connectivity index (χ1) is 39.1. The van der Waals surface area contributed by atoms with Crippen LogP contribution in [0.2, 0.25) is 0 Å². The first-order valence-electron chi connectivity index (χ1n) is 28.1. The van der Waals surface area contributed by atoms with Gasteiger partial charge < -0.3 is 29.7 Å². The van der Waals surface area contributed by atoms with E-state index in [9.17, 15) is 0 Å². The van der Waals surface area contributed by atoms with Crippen molar-refractivity contribution in [3.05, 3.63) is 253 Å². The zero-order chi connectivity index (χ0) is 56.4. The third-order valence-electron chi connectivity index (χ3n) is 15.0. The number of aromatic nitrogens is 3. The number of ether oxygens (including phenoxy) is 1. The number of anilines is 4. The largest absolute Gasteiger partial charge is 0.503 e. The zero-order valence-corrected chi connectivity index (χ0v) is 50.7. The number of hydrogen-bond acceptors (Lipinski definition) is 7. The fourth-order valence-electron chi connectivity index (χ4n) is 10.8. The van der Waals surface area contributed by atoms with Crippen molar-refractivity contribution in [1.29, 1.82) is 0 Å². The van der Waals surface area contributed by atoms with Gasteiger partial charge in [-0.2, -0.15) is 23.9 Å². The summed E-state index contributed by atoms with van der Waals surface area (Å²) in [6.45, 7) is 24.7. The number of benzene rings is 5. The van der Waals surface area contributed by atoms with Crippen LogP contribution in [-0.4, -0.2) is 29.1 Å². The molecule has 11 rings (SSSR count). The summed E-state index contributed by atoms with van der Waals surface area (Å²) in [5.74, 6) is 6.27. The van der Waals surface area contributed by atoms with Gasteiger partial charge in [-0.05, 0) is 127 Å². The van der Waals surface area contributed by atoms with Gasteiger partial charge in [-0.1, -0.05) is 171 Å². The van der Waals surface area contributed by atoms with Crippen LogP contribution >= 0.6 is 0 Å². The molecule has 5 aromatic carbocycles. The molecule has 0 saturated carbocycles. The Hall–Kier alpha value is -8.06. The third-order valence-corrected chi connectivity index (χ3v) is 15.0. The smallest absolute Gasteiger partial charge is 0.182 e. The third kappa shape index (κ3) is 11.8. The zero-order valence-electron chi connectivity index (χ0n) is 48.4. The van der Waals surface area contributed by atoms with Gasteiger partial charge in [0, 0.05) is 80.4 Å². The van der Waals surface area contributed by atoms with E-state index < -0.39 is 0 Å². The van der Waals surface area contributed by atoms with Crippen LogP contribution in [0.3, 0.4) is 0 Å². The van der Waals surface area contributed by atoms with Crippen molar-refractivity contribution in [2.45, 2.75) is 91.9 Å². The van der Waals surface area contributed by atoms with E-state index in [1.807, 2.05) is 73.5 Å². The molecule has 11 heteroatoms. The van der Waals surface area contributed by atoms with Crippen LogP contribution in [0.4, 0.5) is 22.7 Å². The molecule has 82 heavy (non-hydrogen) atoms. The van der Waals surface area contributed by atoms with E-state index in [-0.39, 0.29) is 43.7 Å². The van der Waals surface area contributed by atoms with Gasteiger partial charge in [-0.25, -0.2) is 4.98 Å². The van der Waals surface area contributed by atoms with E-state index in [0.29, 0.717) is 11.6 Å². The molecule has 6 heterocycles. The maximum absolute atomic E-state index is 7.09. The van der Waals surface area contributed by atoms with Crippen LogP contribution in [0, 0.1) is 18.8 Å². The van der Waals surface area contributed by atoms with Crippen LogP contribution < -0.4 is 25.2 Å². The molecule has 0 fully saturated rings. The van der Waals surface area contributed by atoms with Crippen LogP contribution in [0.25, 0.3) is 49.8 Å². The number of hydrogen-bond donors (Lipinski definition) is 2. The molecule has 8 aromatic rings. The Balaban J connectivity index is 0.00000753. The number of nitrogens with one attached hydrogen (secondary N) is 2. The molecule has 412 valence electrons. The summed E-state index contributed by atoms with van der Waals surface area (Å²) in [4.78, 5) is 15.0. The van der Waals surface area contributed by atoms with E-state index in [1.165, 1.54) is 22.3 Å². The number of allylic oxidation sites excluding steroid dienone is 8. The summed E-state index contributed by atoms with van der Waals surface area (Å²) in [5.41, 5.74) is 16.5. The molecule has 3 aliphatic heterocycles. The number of nitrogens with zero attached hydrogens (tertiary/aromatic N) is 5. The average Bonchev–Trinajstić information content (AvgIpc) is 2.58. The molecular weight excluding hydrogens is 1180 g/mol. The average molecular weight is 1250 g/mol. The minimum atomic E-state index is -0.0825. The van der Waals surface area contributed by atoms with Gasteiger partial charge in [0.05, 0.1) is 0 Å². The predicted molar refractivity (Wildman–Crippen MR) is 342 cm³/mol. The quantitative estimate of drug-likeness (QED) is 0.104. The van der Waals surface area contributed by atoms with E-state index in [4.69, 9.17) is 14.7 Å². The molecule has 0 spiro atoms. The summed E-state index contributed by atoms with van der Waals surface area (Å²) in [6, 6.07) is 46.7. The standard InChI is InChI=1S/C71H68B2N7O.Pt/c1-47(2)53-21-17-22-54(48(3)4)68(53)61-43-51(44-67(77-61)81-52-30-31-55-58-41-49(70(5,6)7)29-32-62(58)80(65(55)45-52)66-42-50(33-40-76-66)71(8,9)10)78-46-79(64-28-12-11-27-63(64)78)69-56(59-25-19-38-74-36-15-13-34-72-59)23-18-24-57(69)60-26-20-39-75-37-16-14-35-73-60;/h11-43,46-48,74-75H,1-10H3;/q-3;/b34-13-,35-14-,36-15-,37-16-,38-19-,39-20-,59-25-,60-26-;. The Labute approximate surface area is 501 Å². The molecule has 0 bridgehead atoms. The normalized spacial score (nSPS) is 18.1. The van der Waals surface area contributed by atoms with Gasteiger partial charge in [0.1, 0.15) is 11.7 Å². The van der Waals surface area contributed by atoms with Gasteiger partial charge in [-0.3, -0.25) is 4.98 Å². The monoisotopic (exact) mass is 1250 g/mol. The summed E-state index contributed by atoms with van der Waals surface area (Å²) < 4.78 is 9.32. The van der Waals surface area contributed by atoms with Gasteiger partial charge >= 0.3 is 0 Å². The van der Waals surface area contributed by atoms with Gasteiger partial charge in [0.25, 0.3) is 0 Å². The summed E-state index contributed by atoms with van der Waals surface area (Å²) in [5, 5.41) is 8.70. The Morgan fingerprint density at radius 2 is 1.20 bits per heavy atom. The number of pyridine rings is 2. The number of rotatable bonds is 10. The maximum Gasteiger partial charge on any atom is 0.182 e. The van der Waals surface area contributed by atoms with Crippen LogP contribution in [-0.2, 0) is 31.9 Å². The molecule has 0 unspecified atom stereocenters. The first-order valence-corrected chi connectivity index (χ1v) is 28.1. The molecule has 3 aromatic heterocycles. The summed E-state index contributed by atoms with van der Waals surface area (Å²) >= 11 is 0. The van der Waals surface area contributed by atoms with Crippen molar-refractivity contribution in [1.82, 2.24) is 25.2 Å². The van der Waals surface area contributed by atoms with Gasteiger partial charge in [-0.15, -0.1) is 36.1 Å².